The number of sulfone groups is 1. The summed E-state index contributed by atoms with van der Waals surface area (Å²) in [4.78, 5) is 2.27. The van der Waals surface area contributed by atoms with Crippen LogP contribution in [0.2, 0.25) is 0 Å². The second-order valence-electron chi connectivity index (χ2n) is 4.69. The number of hydrogen-bond acceptors (Lipinski definition) is 4. The summed E-state index contributed by atoms with van der Waals surface area (Å²) in [5.41, 5.74) is 0. The molecule has 0 aromatic rings. The van der Waals surface area contributed by atoms with Crippen LogP contribution >= 0.6 is 0 Å². The number of hydrogen-bond donors (Lipinski definition) is 1. The average Bonchev–Trinajstić information content (AvgIpc) is 2.26. The monoisotopic (exact) mass is 258 g/mol. The number of terminal acetylenes is 1. The molecule has 1 fully saturated rings. The molecule has 5 heteroatoms. The van der Waals surface area contributed by atoms with Gasteiger partial charge in [0.25, 0.3) is 0 Å². The minimum absolute atomic E-state index is 0.274. The molecule has 0 aromatic carbocycles. The molecule has 0 bridgehead atoms. The Kier molecular flexibility index (Phi) is 5.96. The maximum absolute atomic E-state index is 10.9. The van der Waals surface area contributed by atoms with Gasteiger partial charge in [-0.05, 0) is 25.8 Å². The Morgan fingerprint density at radius 2 is 2.06 bits per heavy atom. The Hall–Kier alpha value is -0.570. The highest BCUT2D eigenvalue weighted by molar-refractivity contribution is 7.90. The van der Waals surface area contributed by atoms with E-state index in [1.807, 2.05) is 0 Å². The Labute approximate surface area is 105 Å². The third kappa shape index (κ3) is 6.67. The molecule has 17 heavy (non-hydrogen) atoms. The van der Waals surface area contributed by atoms with Crippen molar-refractivity contribution in [1.29, 1.82) is 0 Å². The molecular weight excluding hydrogens is 236 g/mol. The summed E-state index contributed by atoms with van der Waals surface area (Å²) in [7, 11) is -2.81. The van der Waals surface area contributed by atoms with Gasteiger partial charge < -0.3 is 5.32 Å². The second-order valence-corrected chi connectivity index (χ2v) is 6.95. The van der Waals surface area contributed by atoms with Crippen LogP contribution in [0.15, 0.2) is 0 Å². The van der Waals surface area contributed by atoms with E-state index in [-0.39, 0.29) is 5.75 Å². The fourth-order valence-corrected chi connectivity index (χ4v) is 2.73. The lowest BCUT2D eigenvalue weighted by Gasteiger charge is -2.31. The maximum Gasteiger partial charge on any atom is 0.147 e. The number of nitrogens with zero attached hydrogens (tertiary/aromatic N) is 1. The third-order valence-electron chi connectivity index (χ3n) is 3.03. The first-order valence-corrected chi connectivity index (χ1v) is 8.14. The molecule has 1 heterocycles. The van der Waals surface area contributed by atoms with E-state index in [0.29, 0.717) is 12.5 Å². The standard InChI is InChI=1S/C12H22N2O2S/c1-3-8-14-9-5-12(6-10-14)13-7-4-11-17(2,15)16/h1,12-13H,4-11H2,2H3. The molecule has 0 aliphatic carbocycles. The maximum atomic E-state index is 10.9. The highest BCUT2D eigenvalue weighted by Crippen LogP contribution is 2.09. The van der Waals surface area contributed by atoms with Crippen LogP contribution in [-0.4, -0.2) is 57.5 Å². The van der Waals surface area contributed by atoms with Crippen molar-refractivity contribution in [1.82, 2.24) is 10.2 Å². The van der Waals surface area contributed by atoms with Crippen LogP contribution in [0.25, 0.3) is 0 Å². The van der Waals surface area contributed by atoms with Crippen molar-refractivity contribution in [3.05, 3.63) is 0 Å². The van der Waals surface area contributed by atoms with Crippen molar-refractivity contribution >= 4 is 9.84 Å². The Morgan fingerprint density at radius 1 is 1.41 bits per heavy atom. The number of likely N-dealkylation sites (tertiary alicyclic amines) is 1. The topological polar surface area (TPSA) is 49.4 Å². The molecule has 98 valence electrons. The van der Waals surface area contributed by atoms with Gasteiger partial charge >= 0.3 is 0 Å². The molecule has 0 spiro atoms. The van der Waals surface area contributed by atoms with E-state index in [9.17, 15) is 8.42 Å². The molecule has 0 aromatic heterocycles. The first-order chi connectivity index (χ1) is 8.01. The van der Waals surface area contributed by atoms with E-state index < -0.39 is 9.84 Å². The molecule has 0 saturated carbocycles. The molecule has 4 nitrogen and oxygen atoms in total. The van der Waals surface area contributed by atoms with Crippen LogP contribution in [0, 0.1) is 12.3 Å². The van der Waals surface area contributed by atoms with Gasteiger partial charge in [-0.1, -0.05) is 5.92 Å². The smallest absolute Gasteiger partial charge is 0.147 e. The molecule has 1 rings (SSSR count). The Balaban J connectivity index is 2.09. The SMILES string of the molecule is C#CCN1CCC(NCCCS(C)(=O)=O)CC1. The summed E-state index contributed by atoms with van der Waals surface area (Å²) in [6.07, 6.45) is 9.45. The minimum Gasteiger partial charge on any atom is -0.314 e. The number of nitrogens with one attached hydrogen (secondary N) is 1. The molecule has 1 aliphatic rings. The van der Waals surface area contributed by atoms with Crippen LogP contribution in [0.5, 0.6) is 0 Å². The molecular formula is C12H22N2O2S. The fourth-order valence-electron chi connectivity index (χ4n) is 2.06. The van der Waals surface area contributed by atoms with Crippen LogP contribution < -0.4 is 5.32 Å². The highest BCUT2D eigenvalue weighted by atomic mass is 32.2. The van der Waals surface area contributed by atoms with Crippen LogP contribution in [-0.2, 0) is 9.84 Å². The number of rotatable bonds is 6. The van der Waals surface area contributed by atoms with Crippen molar-refractivity contribution in [2.45, 2.75) is 25.3 Å². The molecule has 0 atom stereocenters. The Morgan fingerprint density at radius 3 is 2.59 bits per heavy atom. The summed E-state index contributed by atoms with van der Waals surface area (Å²) in [5.74, 6) is 2.93. The predicted octanol–water partition coefficient (Wildman–Crippen LogP) is 0.108. The van der Waals surface area contributed by atoms with Crippen LogP contribution in [0.3, 0.4) is 0 Å². The second kappa shape index (κ2) is 7.00. The summed E-state index contributed by atoms with van der Waals surface area (Å²) in [6.45, 7) is 3.59. The van der Waals surface area contributed by atoms with Crippen molar-refractivity contribution in [3.8, 4) is 12.3 Å². The largest absolute Gasteiger partial charge is 0.314 e. The van der Waals surface area contributed by atoms with E-state index in [0.717, 1.165) is 39.0 Å². The molecule has 0 unspecified atom stereocenters. The van der Waals surface area contributed by atoms with Crippen molar-refractivity contribution in [3.63, 3.8) is 0 Å². The van der Waals surface area contributed by atoms with E-state index in [2.05, 4.69) is 16.1 Å². The van der Waals surface area contributed by atoms with Gasteiger partial charge in [0.15, 0.2) is 0 Å². The van der Waals surface area contributed by atoms with E-state index in [4.69, 9.17) is 6.42 Å². The molecule has 1 aliphatic heterocycles. The van der Waals surface area contributed by atoms with Gasteiger partial charge in [-0.25, -0.2) is 8.42 Å². The first-order valence-electron chi connectivity index (χ1n) is 6.08. The van der Waals surface area contributed by atoms with Gasteiger partial charge in [0.05, 0.1) is 12.3 Å². The zero-order valence-corrected chi connectivity index (χ0v) is 11.3. The minimum atomic E-state index is -2.81. The normalized spacial score (nSPS) is 19.1. The summed E-state index contributed by atoms with van der Waals surface area (Å²) < 4.78 is 21.9. The van der Waals surface area contributed by atoms with Gasteiger partial charge in [0, 0.05) is 25.4 Å². The third-order valence-corrected chi connectivity index (χ3v) is 4.06. The van der Waals surface area contributed by atoms with Crippen molar-refractivity contribution < 1.29 is 8.42 Å². The van der Waals surface area contributed by atoms with Gasteiger partial charge in [-0.2, -0.15) is 0 Å². The zero-order valence-electron chi connectivity index (χ0n) is 10.5. The summed E-state index contributed by atoms with van der Waals surface area (Å²) in [6, 6.07) is 0.517. The van der Waals surface area contributed by atoms with E-state index in [1.165, 1.54) is 6.26 Å². The first kappa shape index (κ1) is 14.5. The van der Waals surface area contributed by atoms with Crippen LogP contribution in [0.4, 0.5) is 0 Å². The molecule has 0 radical (unpaired) electrons. The number of piperidine rings is 1. The lowest BCUT2D eigenvalue weighted by molar-refractivity contribution is 0.218. The predicted molar refractivity (Wildman–Crippen MR) is 70.6 cm³/mol. The van der Waals surface area contributed by atoms with Gasteiger partial charge in [0.2, 0.25) is 0 Å². The average molecular weight is 258 g/mol. The molecule has 1 N–H and O–H groups in total. The van der Waals surface area contributed by atoms with Gasteiger partial charge in [-0.15, -0.1) is 6.42 Å². The van der Waals surface area contributed by atoms with Gasteiger partial charge in [-0.3, -0.25) is 4.90 Å². The lowest BCUT2D eigenvalue weighted by atomic mass is 10.1. The van der Waals surface area contributed by atoms with Crippen molar-refractivity contribution in [2.24, 2.45) is 0 Å². The van der Waals surface area contributed by atoms with Crippen molar-refractivity contribution in [2.75, 3.05) is 38.2 Å². The zero-order chi connectivity index (χ0) is 12.7. The molecule has 0 amide bonds. The quantitative estimate of drug-likeness (QED) is 0.543. The summed E-state index contributed by atoms with van der Waals surface area (Å²) in [5, 5.41) is 3.41. The Bertz CT molecular complexity index is 351. The van der Waals surface area contributed by atoms with Gasteiger partial charge in [0.1, 0.15) is 9.84 Å². The highest BCUT2D eigenvalue weighted by Gasteiger charge is 2.17. The van der Waals surface area contributed by atoms with E-state index >= 15 is 0 Å². The lowest BCUT2D eigenvalue weighted by Crippen LogP contribution is -2.43. The fraction of sp³-hybridized carbons (Fsp3) is 0.833. The summed E-state index contributed by atoms with van der Waals surface area (Å²) >= 11 is 0. The van der Waals surface area contributed by atoms with Crippen LogP contribution in [0.1, 0.15) is 19.3 Å². The molecule has 1 saturated heterocycles. The van der Waals surface area contributed by atoms with E-state index in [1.54, 1.807) is 0 Å².